The minimum atomic E-state index is -0.759. The SMILES string of the molecule is CC(C)(C)OC(=O)NC[C@@H](O)c1ccncc1. The molecule has 0 unspecified atom stereocenters. The van der Waals surface area contributed by atoms with Crippen LogP contribution in [0.5, 0.6) is 0 Å². The number of aromatic nitrogens is 1. The minimum Gasteiger partial charge on any atom is -0.444 e. The van der Waals surface area contributed by atoms with Crippen molar-refractivity contribution in [3.8, 4) is 0 Å². The Morgan fingerprint density at radius 1 is 1.47 bits per heavy atom. The van der Waals surface area contributed by atoms with Crippen LogP contribution in [0.3, 0.4) is 0 Å². The third-order valence-corrected chi connectivity index (χ3v) is 1.93. The average Bonchev–Trinajstić information content (AvgIpc) is 2.25. The summed E-state index contributed by atoms with van der Waals surface area (Å²) in [6.45, 7) is 5.46. The Morgan fingerprint density at radius 3 is 2.59 bits per heavy atom. The standard InChI is InChI=1S/C12H18N2O3/c1-12(2,3)17-11(16)14-8-10(15)9-4-6-13-7-5-9/h4-7,10,15H,8H2,1-3H3,(H,14,16)/t10-/m1/s1. The lowest BCUT2D eigenvalue weighted by molar-refractivity contribution is 0.0492. The van der Waals surface area contributed by atoms with E-state index in [2.05, 4.69) is 10.3 Å². The molecule has 0 saturated heterocycles. The van der Waals surface area contributed by atoms with Gasteiger partial charge in [-0.15, -0.1) is 0 Å². The molecule has 0 fully saturated rings. The van der Waals surface area contributed by atoms with Crippen molar-refractivity contribution < 1.29 is 14.6 Å². The Kier molecular flexibility index (Phi) is 4.45. The number of aliphatic hydroxyl groups excluding tert-OH is 1. The number of aliphatic hydroxyl groups is 1. The molecule has 1 aromatic heterocycles. The fourth-order valence-electron chi connectivity index (χ4n) is 1.20. The lowest BCUT2D eigenvalue weighted by Crippen LogP contribution is -2.34. The van der Waals surface area contributed by atoms with Crippen molar-refractivity contribution in [3.63, 3.8) is 0 Å². The van der Waals surface area contributed by atoms with Crippen LogP contribution in [-0.2, 0) is 4.74 Å². The second kappa shape index (κ2) is 5.63. The van der Waals surface area contributed by atoms with E-state index in [0.717, 1.165) is 0 Å². The van der Waals surface area contributed by atoms with Gasteiger partial charge in [0.15, 0.2) is 0 Å². The van der Waals surface area contributed by atoms with E-state index in [9.17, 15) is 9.90 Å². The molecular weight excluding hydrogens is 220 g/mol. The van der Waals surface area contributed by atoms with Gasteiger partial charge in [-0.1, -0.05) is 0 Å². The summed E-state index contributed by atoms with van der Waals surface area (Å²) in [7, 11) is 0. The van der Waals surface area contributed by atoms with Gasteiger partial charge in [-0.3, -0.25) is 4.98 Å². The van der Waals surface area contributed by atoms with Gasteiger partial charge in [0, 0.05) is 12.4 Å². The van der Waals surface area contributed by atoms with Gasteiger partial charge in [-0.2, -0.15) is 0 Å². The van der Waals surface area contributed by atoms with Gasteiger partial charge in [0.2, 0.25) is 0 Å². The molecule has 5 nitrogen and oxygen atoms in total. The van der Waals surface area contributed by atoms with E-state index in [1.54, 1.807) is 45.3 Å². The Hall–Kier alpha value is -1.62. The third-order valence-electron chi connectivity index (χ3n) is 1.93. The van der Waals surface area contributed by atoms with Crippen LogP contribution in [-0.4, -0.2) is 28.3 Å². The zero-order chi connectivity index (χ0) is 12.9. The lowest BCUT2D eigenvalue weighted by Gasteiger charge is -2.20. The summed E-state index contributed by atoms with van der Waals surface area (Å²) in [4.78, 5) is 15.2. The summed E-state index contributed by atoms with van der Waals surface area (Å²) in [5.74, 6) is 0. The molecule has 0 bridgehead atoms. The zero-order valence-electron chi connectivity index (χ0n) is 10.3. The third kappa shape index (κ3) is 5.31. The van der Waals surface area contributed by atoms with E-state index < -0.39 is 17.8 Å². The van der Waals surface area contributed by atoms with Crippen LogP contribution < -0.4 is 5.32 Å². The molecule has 0 aliphatic rings. The van der Waals surface area contributed by atoms with Crippen molar-refractivity contribution in [1.29, 1.82) is 0 Å². The maximum absolute atomic E-state index is 11.3. The molecule has 1 rings (SSSR count). The van der Waals surface area contributed by atoms with Crippen molar-refractivity contribution in [1.82, 2.24) is 10.3 Å². The molecular formula is C12H18N2O3. The molecule has 1 heterocycles. The second-order valence-corrected chi connectivity index (χ2v) is 4.68. The van der Waals surface area contributed by atoms with Crippen LogP contribution in [0.1, 0.15) is 32.4 Å². The molecule has 5 heteroatoms. The topological polar surface area (TPSA) is 71.5 Å². The quantitative estimate of drug-likeness (QED) is 0.839. The monoisotopic (exact) mass is 238 g/mol. The molecule has 1 amide bonds. The smallest absolute Gasteiger partial charge is 0.407 e. The molecule has 17 heavy (non-hydrogen) atoms. The number of hydrogen-bond donors (Lipinski definition) is 2. The molecule has 1 atom stereocenters. The number of nitrogens with zero attached hydrogens (tertiary/aromatic N) is 1. The van der Waals surface area contributed by atoms with E-state index in [0.29, 0.717) is 5.56 Å². The van der Waals surface area contributed by atoms with E-state index in [-0.39, 0.29) is 6.54 Å². The summed E-state index contributed by atoms with van der Waals surface area (Å²) < 4.78 is 5.05. The summed E-state index contributed by atoms with van der Waals surface area (Å²) in [5, 5.41) is 12.3. The number of nitrogens with one attached hydrogen (secondary N) is 1. The predicted molar refractivity (Wildman–Crippen MR) is 63.4 cm³/mol. The first-order chi connectivity index (χ1) is 7.88. The van der Waals surface area contributed by atoms with Crippen LogP contribution in [0.25, 0.3) is 0 Å². The van der Waals surface area contributed by atoms with E-state index in [1.807, 2.05) is 0 Å². The normalized spacial score (nSPS) is 12.9. The van der Waals surface area contributed by atoms with Gasteiger partial charge in [0.1, 0.15) is 5.60 Å². The fourth-order valence-corrected chi connectivity index (χ4v) is 1.20. The predicted octanol–water partition coefficient (Wildman–Crippen LogP) is 1.64. The van der Waals surface area contributed by atoms with E-state index >= 15 is 0 Å². The van der Waals surface area contributed by atoms with Gasteiger partial charge in [0.05, 0.1) is 12.6 Å². The molecule has 0 spiro atoms. The average molecular weight is 238 g/mol. The number of pyridine rings is 1. The Labute approximate surface area is 101 Å². The maximum Gasteiger partial charge on any atom is 0.407 e. The summed E-state index contributed by atoms with van der Waals surface area (Å²) in [5.41, 5.74) is 0.169. The Morgan fingerprint density at radius 2 is 2.06 bits per heavy atom. The summed E-state index contributed by atoms with van der Waals surface area (Å²) >= 11 is 0. The Bertz CT molecular complexity index is 360. The number of rotatable bonds is 3. The van der Waals surface area contributed by atoms with Gasteiger partial charge in [0.25, 0.3) is 0 Å². The highest BCUT2D eigenvalue weighted by Crippen LogP contribution is 2.10. The van der Waals surface area contributed by atoms with Gasteiger partial charge >= 0.3 is 6.09 Å². The van der Waals surface area contributed by atoms with Crippen molar-refractivity contribution in [2.24, 2.45) is 0 Å². The molecule has 2 N–H and O–H groups in total. The van der Waals surface area contributed by atoms with Crippen LogP contribution >= 0.6 is 0 Å². The maximum atomic E-state index is 11.3. The second-order valence-electron chi connectivity index (χ2n) is 4.68. The molecule has 0 aliphatic heterocycles. The van der Waals surface area contributed by atoms with Crippen LogP contribution in [0, 0.1) is 0 Å². The van der Waals surface area contributed by atoms with Crippen molar-refractivity contribution >= 4 is 6.09 Å². The first-order valence-electron chi connectivity index (χ1n) is 5.43. The number of ether oxygens (including phenoxy) is 1. The number of amides is 1. The molecule has 0 aliphatic carbocycles. The molecule has 0 aromatic carbocycles. The van der Waals surface area contributed by atoms with Gasteiger partial charge < -0.3 is 15.2 Å². The molecule has 94 valence electrons. The first-order valence-corrected chi connectivity index (χ1v) is 5.43. The van der Waals surface area contributed by atoms with Gasteiger partial charge in [-0.05, 0) is 38.5 Å². The number of hydrogen-bond acceptors (Lipinski definition) is 4. The van der Waals surface area contributed by atoms with Gasteiger partial charge in [-0.25, -0.2) is 4.79 Å². The molecule has 0 radical (unpaired) electrons. The summed E-state index contributed by atoms with van der Waals surface area (Å²) in [6, 6.07) is 3.39. The molecule has 1 aromatic rings. The van der Waals surface area contributed by atoms with Crippen LogP contribution in [0.4, 0.5) is 4.79 Å². The van der Waals surface area contributed by atoms with Crippen LogP contribution in [0.2, 0.25) is 0 Å². The van der Waals surface area contributed by atoms with Crippen molar-refractivity contribution in [3.05, 3.63) is 30.1 Å². The fraction of sp³-hybridized carbons (Fsp3) is 0.500. The molecule has 0 saturated carbocycles. The number of carbonyl (C=O) groups excluding carboxylic acids is 1. The van der Waals surface area contributed by atoms with Crippen molar-refractivity contribution in [2.45, 2.75) is 32.5 Å². The van der Waals surface area contributed by atoms with Crippen molar-refractivity contribution in [2.75, 3.05) is 6.54 Å². The van der Waals surface area contributed by atoms with Crippen LogP contribution in [0.15, 0.2) is 24.5 Å². The van der Waals surface area contributed by atoms with E-state index in [4.69, 9.17) is 4.74 Å². The first kappa shape index (κ1) is 13.4. The Balaban J connectivity index is 2.39. The highest BCUT2D eigenvalue weighted by atomic mass is 16.6. The number of carbonyl (C=O) groups is 1. The zero-order valence-corrected chi connectivity index (χ0v) is 10.3. The highest BCUT2D eigenvalue weighted by Gasteiger charge is 2.17. The van der Waals surface area contributed by atoms with E-state index in [1.165, 1.54) is 0 Å². The summed E-state index contributed by atoms with van der Waals surface area (Å²) in [6.07, 6.45) is 1.88. The lowest BCUT2D eigenvalue weighted by atomic mass is 10.1. The highest BCUT2D eigenvalue weighted by molar-refractivity contribution is 5.67. The number of alkyl carbamates (subject to hydrolysis) is 1. The largest absolute Gasteiger partial charge is 0.444 e. The minimum absolute atomic E-state index is 0.110.